The molecule has 18 heavy (non-hydrogen) atoms. The number of hydrogen-bond donors (Lipinski definition) is 1. The molecule has 0 spiro atoms. The van der Waals surface area contributed by atoms with Gasteiger partial charge in [0.1, 0.15) is 5.82 Å². The van der Waals surface area contributed by atoms with E-state index in [0.717, 1.165) is 10.5 Å². The summed E-state index contributed by atoms with van der Waals surface area (Å²) in [5, 5.41) is 3.14. The second-order valence-electron chi connectivity index (χ2n) is 3.95. The number of aromatic nitrogens is 1. The van der Waals surface area contributed by atoms with Crippen molar-refractivity contribution in [3.8, 4) is 0 Å². The molecule has 1 aromatic carbocycles. The molecule has 0 saturated carbocycles. The summed E-state index contributed by atoms with van der Waals surface area (Å²) in [5.74, 6) is -0.184. The van der Waals surface area contributed by atoms with Crippen LogP contribution in [0.4, 0.5) is 4.39 Å². The fraction of sp³-hybridized carbons (Fsp3) is 0.214. The van der Waals surface area contributed by atoms with Gasteiger partial charge in [0, 0.05) is 23.3 Å². The van der Waals surface area contributed by atoms with E-state index >= 15 is 0 Å². The molecule has 1 unspecified atom stereocenters. The lowest BCUT2D eigenvalue weighted by Gasteiger charge is -2.16. The quantitative estimate of drug-likeness (QED) is 0.910. The second-order valence-corrected chi connectivity index (χ2v) is 5.04. The van der Waals surface area contributed by atoms with Crippen molar-refractivity contribution in [2.24, 2.45) is 0 Å². The lowest BCUT2D eigenvalue weighted by Crippen LogP contribution is -2.13. The standard InChI is InChI=1S/C14H15FN2S/c1-10(16-2)12-4-3-5-13(15)14(12)18-11-6-8-17-9-7-11/h3-10,16H,1-2H3. The number of nitrogens with one attached hydrogen (secondary N) is 1. The van der Waals surface area contributed by atoms with Crippen LogP contribution in [0.1, 0.15) is 18.5 Å². The first-order valence-corrected chi connectivity index (χ1v) is 6.57. The highest BCUT2D eigenvalue weighted by atomic mass is 32.2. The summed E-state index contributed by atoms with van der Waals surface area (Å²) in [6.07, 6.45) is 3.43. The maximum absolute atomic E-state index is 14.0. The summed E-state index contributed by atoms with van der Waals surface area (Å²) < 4.78 is 14.0. The summed E-state index contributed by atoms with van der Waals surface area (Å²) in [6, 6.07) is 9.07. The van der Waals surface area contributed by atoms with Gasteiger partial charge in [-0.3, -0.25) is 4.98 Å². The van der Waals surface area contributed by atoms with Gasteiger partial charge in [0.15, 0.2) is 0 Å². The molecule has 4 heteroatoms. The molecule has 1 atom stereocenters. The molecule has 1 heterocycles. The van der Waals surface area contributed by atoms with E-state index in [9.17, 15) is 4.39 Å². The summed E-state index contributed by atoms with van der Waals surface area (Å²) in [5.41, 5.74) is 0.972. The second kappa shape index (κ2) is 5.98. The van der Waals surface area contributed by atoms with Crippen molar-refractivity contribution < 1.29 is 4.39 Å². The summed E-state index contributed by atoms with van der Waals surface area (Å²) in [6.45, 7) is 2.02. The molecule has 0 amide bonds. The molecule has 0 saturated heterocycles. The van der Waals surface area contributed by atoms with E-state index in [1.54, 1.807) is 18.5 Å². The molecule has 94 valence electrons. The van der Waals surface area contributed by atoms with Crippen molar-refractivity contribution >= 4 is 11.8 Å². The SMILES string of the molecule is CNC(C)c1cccc(F)c1Sc1ccncc1. The van der Waals surface area contributed by atoms with Crippen LogP contribution < -0.4 is 5.32 Å². The van der Waals surface area contributed by atoms with Gasteiger partial charge < -0.3 is 5.32 Å². The number of halogens is 1. The van der Waals surface area contributed by atoms with Gasteiger partial charge in [-0.15, -0.1) is 0 Å². The van der Waals surface area contributed by atoms with Crippen LogP contribution in [-0.4, -0.2) is 12.0 Å². The van der Waals surface area contributed by atoms with Gasteiger partial charge in [0.25, 0.3) is 0 Å². The van der Waals surface area contributed by atoms with Crippen LogP contribution in [0.25, 0.3) is 0 Å². The van der Waals surface area contributed by atoms with Crippen molar-refractivity contribution in [3.63, 3.8) is 0 Å². The zero-order chi connectivity index (χ0) is 13.0. The minimum atomic E-state index is -0.184. The van der Waals surface area contributed by atoms with E-state index in [4.69, 9.17) is 0 Å². The van der Waals surface area contributed by atoms with Crippen LogP contribution in [-0.2, 0) is 0 Å². The topological polar surface area (TPSA) is 24.9 Å². The van der Waals surface area contributed by atoms with Crippen LogP contribution >= 0.6 is 11.8 Å². The van der Waals surface area contributed by atoms with E-state index in [1.165, 1.54) is 17.8 Å². The normalized spacial score (nSPS) is 12.4. The fourth-order valence-electron chi connectivity index (χ4n) is 1.65. The third-order valence-corrected chi connectivity index (χ3v) is 3.91. The summed E-state index contributed by atoms with van der Waals surface area (Å²) >= 11 is 1.43. The summed E-state index contributed by atoms with van der Waals surface area (Å²) in [4.78, 5) is 5.62. The zero-order valence-corrected chi connectivity index (χ0v) is 11.2. The smallest absolute Gasteiger partial charge is 0.137 e. The van der Waals surface area contributed by atoms with Crippen molar-refractivity contribution in [2.45, 2.75) is 22.8 Å². The van der Waals surface area contributed by atoms with Crippen LogP contribution in [0.2, 0.25) is 0 Å². The minimum Gasteiger partial charge on any atom is -0.313 e. The van der Waals surface area contributed by atoms with Crippen LogP contribution in [0.15, 0.2) is 52.5 Å². The maximum Gasteiger partial charge on any atom is 0.137 e. The fourth-order valence-corrected chi connectivity index (χ4v) is 2.68. The van der Waals surface area contributed by atoms with Crippen LogP contribution in [0.3, 0.4) is 0 Å². The molecule has 2 nitrogen and oxygen atoms in total. The van der Waals surface area contributed by atoms with Crippen molar-refractivity contribution in [1.29, 1.82) is 0 Å². The highest BCUT2D eigenvalue weighted by Crippen LogP contribution is 2.34. The first-order chi connectivity index (χ1) is 8.72. The highest BCUT2D eigenvalue weighted by molar-refractivity contribution is 7.99. The number of hydrogen-bond acceptors (Lipinski definition) is 3. The van der Waals surface area contributed by atoms with E-state index in [0.29, 0.717) is 4.90 Å². The molecular formula is C14H15FN2S. The van der Waals surface area contributed by atoms with Gasteiger partial charge in [-0.05, 0) is 37.7 Å². The van der Waals surface area contributed by atoms with Crippen LogP contribution in [0.5, 0.6) is 0 Å². The monoisotopic (exact) mass is 262 g/mol. The molecule has 0 fully saturated rings. The van der Waals surface area contributed by atoms with Gasteiger partial charge >= 0.3 is 0 Å². The Hall–Kier alpha value is -1.39. The lowest BCUT2D eigenvalue weighted by molar-refractivity contribution is 0.576. The van der Waals surface area contributed by atoms with Crippen LogP contribution in [0, 0.1) is 5.82 Å². The van der Waals surface area contributed by atoms with Gasteiger partial charge in [-0.1, -0.05) is 23.9 Å². The van der Waals surface area contributed by atoms with Crippen molar-refractivity contribution in [3.05, 3.63) is 54.1 Å². The molecule has 0 aliphatic heterocycles. The zero-order valence-electron chi connectivity index (χ0n) is 10.4. The Morgan fingerprint density at radius 1 is 1.22 bits per heavy atom. The van der Waals surface area contributed by atoms with E-state index in [-0.39, 0.29) is 11.9 Å². The maximum atomic E-state index is 14.0. The van der Waals surface area contributed by atoms with E-state index < -0.39 is 0 Å². The molecule has 0 bridgehead atoms. The Balaban J connectivity index is 2.37. The molecule has 2 aromatic rings. The first-order valence-electron chi connectivity index (χ1n) is 5.76. The molecule has 1 N–H and O–H groups in total. The van der Waals surface area contributed by atoms with Crippen molar-refractivity contribution in [1.82, 2.24) is 10.3 Å². The Kier molecular flexibility index (Phi) is 4.33. The minimum absolute atomic E-state index is 0.116. The number of rotatable bonds is 4. The Labute approximate surface area is 111 Å². The Morgan fingerprint density at radius 3 is 2.61 bits per heavy atom. The predicted molar refractivity (Wildman–Crippen MR) is 72.2 cm³/mol. The Bertz CT molecular complexity index is 516. The molecule has 0 aliphatic carbocycles. The Morgan fingerprint density at radius 2 is 1.94 bits per heavy atom. The molecular weight excluding hydrogens is 247 g/mol. The first kappa shape index (κ1) is 13.1. The molecule has 0 radical (unpaired) electrons. The summed E-state index contributed by atoms with van der Waals surface area (Å²) in [7, 11) is 1.87. The van der Waals surface area contributed by atoms with E-state index in [1.807, 2.05) is 32.2 Å². The molecule has 0 aliphatic rings. The number of pyridine rings is 1. The predicted octanol–water partition coefficient (Wildman–Crippen LogP) is 3.65. The molecule has 2 rings (SSSR count). The van der Waals surface area contributed by atoms with Gasteiger partial charge in [0.2, 0.25) is 0 Å². The largest absolute Gasteiger partial charge is 0.313 e. The van der Waals surface area contributed by atoms with Gasteiger partial charge in [-0.2, -0.15) is 0 Å². The van der Waals surface area contributed by atoms with Gasteiger partial charge in [0.05, 0.1) is 4.90 Å². The lowest BCUT2D eigenvalue weighted by atomic mass is 10.1. The van der Waals surface area contributed by atoms with Crippen molar-refractivity contribution in [2.75, 3.05) is 7.05 Å². The molecule has 1 aromatic heterocycles. The van der Waals surface area contributed by atoms with E-state index in [2.05, 4.69) is 10.3 Å². The number of benzene rings is 1. The average Bonchev–Trinajstić information content (AvgIpc) is 2.41. The number of nitrogens with zero attached hydrogens (tertiary/aromatic N) is 1. The highest BCUT2D eigenvalue weighted by Gasteiger charge is 2.14. The third-order valence-electron chi connectivity index (χ3n) is 2.77. The average molecular weight is 262 g/mol. The van der Waals surface area contributed by atoms with Gasteiger partial charge in [-0.25, -0.2) is 4.39 Å². The third kappa shape index (κ3) is 2.89.